The van der Waals surface area contributed by atoms with Crippen LogP contribution in [0, 0.1) is 0 Å². The fourth-order valence-corrected chi connectivity index (χ4v) is 4.86. The third-order valence-corrected chi connectivity index (χ3v) is 6.18. The molecule has 1 amide bonds. The van der Waals surface area contributed by atoms with E-state index >= 15 is 0 Å². The van der Waals surface area contributed by atoms with Gasteiger partial charge in [-0.25, -0.2) is 9.97 Å². The third-order valence-electron chi connectivity index (χ3n) is 5.05. The van der Waals surface area contributed by atoms with Crippen LogP contribution in [0.5, 0.6) is 0 Å². The molecule has 0 spiro atoms. The number of carbonyl (C=O) groups is 1. The highest BCUT2D eigenvalue weighted by molar-refractivity contribution is 7.19. The Morgan fingerprint density at radius 3 is 2.93 bits per heavy atom. The molecule has 2 aromatic heterocycles. The molecule has 28 heavy (non-hydrogen) atoms. The highest BCUT2D eigenvalue weighted by Gasteiger charge is 2.26. The monoisotopic (exact) mass is 394 g/mol. The number of aliphatic hydroxyl groups excluding tert-OH is 1. The van der Waals surface area contributed by atoms with E-state index in [4.69, 9.17) is 0 Å². The quantitative estimate of drug-likeness (QED) is 0.627. The lowest BCUT2D eigenvalue weighted by atomic mass is 10.0. The van der Waals surface area contributed by atoms with E-state index in [1.54, 1.807) is 17.7 Å². The number of nitrogens with one attached hydrogen (secondary N) is 1. The molecule has 0 saturated carbocycles. The Morgan fingerprint density at radius 2 is 2.18 bits per heavy atom. The van der Waals surface area contributed by atoms with Crippen LogP contribution in [-0.2, 0) is 17.8 Å². The first-order valence-electron chi connectivity index (χ1n) is 9.30. The van der Waals surface area contributed by atoms with E-state index in [9.17, 15) is 9.90 Å². The van der Waals surface area contributed by atoms with Gasteiger partial charge >= 0.3 is 0 Å². The van der Waals surface area contributed by atoms with Crippen molar-refractivity contribution in [1.82, 2.24) is 14.9 Å². The standard InChI is InChI=1S/C21H22N4O2S/c1-2-18(27)25-10-8-15-17(12-25)28-21-19(15)20(22-13-23-21)24-16(9-11-26)14-6-4-3-5-7-14/h2-7,13,16,26H,1,8-12H2,(H,22,23,24)/t16-/m1/s1. The molecule has 1 aliphatic rings. The highest BCUT2D eigenvalue weighted by Crippen LogP contribution is 2.38. The maximum Gasteiger partial charge on any atom is 0.246 e. The van der Waals surface area contributed by atoms with E-state index in [0.717, 1.165) is 32.9 Å². The number of anilines is 1. The summed E-state index contributed by atoms with van der Waals surface area (Å²) in [5.41, 5.74) is 2.32. The Labute approximate surface area is 167 Å². The van der Waals surface area contributed by atoms with Crippen molar-refractivity contribution >= 4 is 33.3 Å². The van der Waals surface area contributed by atoms with Crippen molar-refractivity contribution in [2.24, 2.45) is 0 Å². The summed E-state index contributed by atoms with van der Waals surface area (Å²) in [4.78, 5) is 24.8. The first kappa shape index (κ1) is 18.6. The number of aromatic nitrogens is 2. The van der Waals surface area contributed by atoms with Gasteiger partial charge in [-0.05, 0) is 30.0 Å². The first-order chi connectivity index (χ1) is 13.7. The fourth-order valence-electron chi connectivity index (χ4n) is 3.66. The number of thiophene rings is 1. The zero-order valence-corrected chi connectivity index (χ0v) is 16.3. The number of benzene rings is 1. The van der Waals surface area contributed by atoms with Crippen LogP contribution >= 0.6 is 11.3 Å². The molecule has 3 aromatic rings. The zero-order valence-electron chi connectivity index (χ0n) is 15.5. The molecule has 4 rings (SSSR count). The molecule has 2 N–H and O–H groups in total. The minimum Gasteiger partial charge on any atom is -0.396 e. The molecule has 7 heteroatoms. The molecule has 144 valence electrons. The van der Waals surface area contributed by atoms with Crippen LogP contribution in [0.2, 0.25) is 0 Å². The SMILES string of the molecule is C=CC(=O)N1CCc2c(sc3ncnc(N[C@H](CCO)c4ccccc4)c23)C1. The summed E-state index contributed by atoms with van der Waals surface area (Å²) in [5, 5.41) is 14.1. The van der Waals surface area contributed by atoms with Gasteiger partial charge in [-0.15, -0.1) is 11.3 Å². The Balaban J connectivity index is 1.69. The number of rotatable bonds is 6. The molecule has 3 heterocycles. The van der Waals surface area contributed by atoms with E-state index in [-0.39, 0.29) is 18.6 Å². The number of aliphatic hydroxyl groups is 1. The maximum atomic E-state index is 12.0. The van der Waals surface area contributed by atoms with Crippen LogP contribution in [0.15, 0.2) is 49.3 Å². The average Bonchev–Trinajstić information content (AvgIpc) is 3.12. The van der Waals surface area contributed by atoms with E-state index in [1.165, 1.54) is 11.6 Å². The van der Waals surface area contributed by atoms with Crippen molar-refractivity contribution in [3.63, 3.8) is 0 Å². The molecule has 0 bridgehead atoms. The van der Waals surface area contributed by atoms with Crippen LogP contribution in [0.4, 0.5) is 5.82 Å². The van der Waals surface area contributed by atoms with E-state index in [0.29, 0.717) is 19.5 Å². The Kier molecular flexibility index (Phi) is 5.36. The minimum atomic E-state index is -0.0420. The highest BCUT2D eigenvalue weighted by atomic mass is 32.1. The lowest BCUT2D eigenvalue weighted by molar-refractivity contribution is -0.126. The first-order valence-corrected chi connectivity index (χ1v) is 10.1. The van der Waals surface area contributed by atoms with Crippen LogP contribution in [0.3, 0.4) is 0 Å². The summed E-state index contributed by atoms with van der Waals surface area (Å²) < 4.78 is 0. The molecule has 0 aliphatic carbocycles. The summed E-state index contributed by atoms with van der Waals surface area (Å²) >= 11 is 1.61. The molecule has 6 nitrogen and oxygen atoms in total. The van der Waals surface area contributed by atoms with Gasteiger partial charge in [0.1, 0.15) is 17.0 Å². The number of carbonyl (C=O) groups excluding carboxylic acids is 1. The average molecular weight is 395 g/mol. The van der Waals surface area contributed by atoms with Crippen molar-refractivity contribution in [3.8, 4) is 0 Å². The van der Waals surface area contributed by atoms with Crippen molar-refractivity contribution in [1.29, 1.82) is 0 Å². The molecule has 0 unspecified atom stereocenters. The fraction of sp³-hybridized carbons (Fsp3) is 0.286. The van der Waals surface area contributed by atoms with Gasteiger partial charge in [-0.3, -0.25) is 4.79 Å². The summed E-state index contributed by atoms with van der Waals surface area (Å²) in [7, 11) is 0. The van der Waals surface area contributed by atoms with Crippen LogP contribution < -0.4 is 5.32 Å². The summed E-state index contributed by atoms with van der Waals surface area (Å²) in [6.07, 6.45) is 4.29. The van der Waals surface area contributed by atoms with Gasteiger partial charge in [0.2, 0.25) is 5.91 Å². The molecule has 1 aromatic carbocycles. The zero-order chi connectivity index (χ0) is 19.5. The number of nitrogens with zero attached hydrogens (tertiary/aromatic N) is 3. The van der Waals surface area contributed by atoms with Crippen molar-refractivity contribution in [3.05, 3.63) is 65.3 Å². The molecular formula is C21H22N4O2S. The van der Waals surface area contributed by atoms with Crippen molar-refractivity contribution < 1.29 is 9.90 Å². The van der Waals surface area contributed by atoms with Crippen molar-refractivity contribution in [2.45, 2.75) is 25.4 Å². The number of amides is 1. The number of fused-ring (bicyclic) bond motifs is 3. The smallest absolute Gasteiger partial charge is 0.246 e. The second-order valence-electron chi connectivity index (χ2n) is 6.74. The lowest BCUT2D eigenvalue weighted by Gasteiger charge is -2.26. The minimum absolute atomic E-state index is 0.0396. The predicted octanol–water partition coefficient (Wildman–Crippen LogP) is 3.30. The lowest BCUT2D eigenvalue weighted by Crippen LogP contribution is -2.34. The number of hydrogen-bond donors (Lipinski definition) is 2. The third kappa shape index (κ3) is 3.50. The Bertz CT molecular complexity index is 1000. The Morgan fingerprint density at radius 1 is 1.36 bits per heavy atom. The molecular weight excluding hydrogens is 372 g/mol. The van der Waals surface area contributed by atoms with Gasteiger partial charge in [0.25, 0.3) is 0 Å². The molecule has 1 aliphatic heterocycles. The van der Waals surface area contributed by atoms with Gasteiger partial charge < -0.3 is 15.3 Å². The van der Waals surface area contributed by atoms with Crippen LogP contribution in [-0.4, -0.2) is 39.0 Å². The second kappa shape index (κ2) is 8.08. The van der Waals surface area contributed by atoms with Gasteiger partial charge in [0.05, 0.1) is 18.0 Å². The molecule has 0 saturated heterocycles. The van der Waals surface area contributed by atoms with Crippen LogP contribution in [0.25, 0.3) is 10.2 Å². The topological polar surface area (TPSA) is 78.4 Å². The largest absolute Gasteiger partial charge is 0.396 e. The van der Waals surface area contributed by atoms with Gasteiger partial charge in [-0.2, -0.15) is 0 Å². The van der Waals surface area contributed by atoms with Gasteiger partial charge in [-0.1, -0.05) is 36.9 Å². The molecule has 0 radical (unpaired) electrons. The number of hydrogen-bond acceptors (Lipinski definition) is 6. The summed E-state index contributed by atoms with van der Waals surface area (Å²) in [6.45, 7) is 4.92. The normalized spacial score (nSPS) is 14.5. The van der Waals surface area contributed by atoms with E-state index < -0.39 is 0 Å². The van der Waals surface area contributed by atoms with E-state index in [1.807, 2.05) is 35.2 Å². The van der Waals surface area contributed by atoms with Gasteiger partial charge in [0, 0.05) is 18.0 Å². The predicted molar refractivity (Wildman–Crippen MR) is 111 cm³/mol. The van der Waals surface area contributed by atoms with Crippen molar-refractivity contribution in [2.75, 3.05) is 18.5 Å². The van der Waals surface area contributed by atoms with E-state index in [2.05, 4.69) is 21.9 Å². The molecule has 1 atom stereocenters. The summed E-state index contributed by atoms with van der Waals surface area (Å²) in [6, 6.07) is 10.0. The molecule has 0 fully saturated rings. The van der Waals surface area contributed by atoms with Crippen LogP contribution in [0.1, 0.15) is 28.5 Å². The van der Waals surface area contributed by atoms with Gasteiger partial charge in [0.15, 0.2) is 0 Å². The maximum absolute atomic E-state index is 12.0. The second-order valence-corrected chi connectivity index (χ2v) is 7.82. The summed E-state index contributed by atoms with van der Waals surface area (Å²) in [5.74, 6) is 0.743. The Hall–Kier alpha value is -2.77.